The lowest BCUT2D eigenvalue weighted by molar-refractivity contribution is 0.0634. The predicted molar refractivity (Wildman–Crippen MR) is 89.6 cm³/mol. The van der Waals surface area contributed by atoms with Gasteiger partial charge in [0.2, 0.25) is 5.76 Å². The number of thiazole rings is 1. The highest BCUT2D eigenvalue weighted by molar-refractivity contribution is 7.09. The summed E-state index contributed by atoms with van der Waals surface area (Å²) < 4.78 is 5.25. The van der Waals surface area contributed by atoms with Crippen LogP contribution in [0, 0.1) is 5.92 Å². The van der Waals surface area contributed by atoms with Crippen molar-refractivity contribution >= 4 is 17.2 Å². The van der Waals surface area contributed by atoms with Gasteiger partial charge in [0.25, 0.3) is 5.91 Å². The van der Waals surface area contributed by atoms with E-state index in [2.05, 4.69) is 30.9 Å². The molecule has 0 unspecified atom stereocenters. The Morgan fingerprint density at radius 2 is 2.17 bits per heavy atom. The number of hydrogen-bond donors (Lipinski definition) is 0. The normalized spacial score (nSPS) is 17.7. The van der Waals surface area contributed by atoms with Crippen LogP contribution in [0.15, 0.2) is 22.2 Å². The van der Waals surface area contributed by atoms with Gasteiger partial charge in [-0.1, -0.05) is 25.9 Å². The summed E-state index contributed by atoms with van der Waals surface area (Å²) in [6, 6.07) is 1.79. The van der Waals surface area contributed by atoms with Crippen molar-refractivity contribution in [1.29, 1.82) is 0 Å². The van der Waals surface area contributed by atoms with Gasteiger partial charge < -0.3 is 9.42 Å². The Hall–Kier alpha value is -1.69. The standard InChI is InChI=1S/C17H23N3O2S/c1-12(2)10-13-11-14(22-19-13)15(21)20-7-4-17(3,5-8-20)16-18-6-9-23-16/h6,9,11-12H,4-5,7-8,10H2,1-3H3. The van der Waals surface area contributed by atoms with Crippen molar-refractivity contribution in [2.45, 2.75) is 45.4 Å². The van der Waals surface area contributed by atoms with E-state index >= 15 is 0 Å². The molecule has 1 aliphatic heterocycles. The second kappa shape index (κ2) is 6.43. The monoisotopic (exact) mass is 333 g/mol. The first kappa shape index (κ1) is 16.2. The Labute approximate surface area is 140 Å². The second-order valence-corrected chi connectivity index (χ2v) is 7.87. The molecule has 2 aromatic heterocycles. The fraction of sp³-hybridized carbons (Fsp3) is 0.588. The molecule has 1 fully saturated rings. The van der Waals surface area contributed by atoms with Crippen LogP contribution in [0.25, 0.3) is 0 Å². The SMILES string of the molecule is CC(C)Cc1cc(C(=O)N2CCC(C)(c3nccs3)CC2)on1. The maximum atomic E-state index is 12.6. The van der Waals surface area contributed by atoms with Gasteiger partial charge >= 0.3 is 0 Å². The van der Waals surface area contributed by atoms with Crippen LogP contribution in [0.4, 0.5) is 0 Å². The van der Waals surface area contributed by atoms with Gasteiger partial charge in [-0.15, -0.1) is 11.3 Å². The molecule has 3 heterocycles. The van der Waals surface area contributed by atoms with Crippen molar-refractivity contribution in [2.24, 2.45) is 5.92 Å². The molecule has 6 heteroatoms. The Morgan fingerprint density at radius 1 is 1.43 bits per heavy atom. The van der Waals surface area contributed by atoms with E-state index in [0.717, 1.165) is 38.0 Å². The van der Waals surface area contributed by atoms with Crippen LogP contribution in [-0.4, -0.2) is 34.0 Å². The molecule has 1 saturated heterocycles. The summed E-state index contributed by atoms with van der Waals surface area (Å²) in [7, 11) is 0. The fourth-order valence-electron chi connectivity index (χ4n) is 3.02. The molecular weight excluding hydrogens is 310 g/mol. The largest absolute Gasteiger partial charge is 0.351 e. The molecule has 0 radical (unpaired) electrons. The third kappa shape index (κ3) is 3.47. The molecule has 2 aromatic rings. The molecular formula is C17H23N3O2S. The zero-order valence-electron chi connectivity index (χ0n) is 13.9. The van der Waals surface area contributed by atoms with E-state index in [0.29, 0.717) is 11.7 Å². The van der Waals surface area contributed by atoms with Gasteiger partial charge in [0.1, 0.15) is 0 Å². The number of piperidine rings is 1. The molecule has 124 valence electrons. The molecule has 0 atom stereocenters. The predicted octanol–water partition coefficient (Wildman–Crippen LogP) is 3.52. The van der Waals surface area contributed by atoms with Crippen LogP contribution >= 0.6 is 11.3 Å². The van der Waals surface area contributed by atoms with Gasteiger partial charge in [0.15, 0.2) is 0 Å². The number of hydrogen-bond acceptors (Lipinski definition) is 5. The Balaban J connectivity index is 1.63. The first-order valence-electron chi connectivity index (χ1n) is 8.13. The van der Waals surface area contributed by atoms with Crippen molar-refractivity contribution in [1.82, 2.24) is 15.0 Å². The first-order valence-corrected chi connectivity index (χ1v) is 9.01. The summed E-state index contributed by atoms with van der Waals surface area (Å²) in [6.07, 6.45) is 4.55. The molecule has 0 bridgehead atoms. The molecule has 0 spiro atoms. The van der Waals surface area contributed by atoms with E-state index in [1.54, 1.807) is 17.4 Å². The van der Waals surface area contributed by atoms with Crippen molar-refractivity contribution in [3.63, 3.8) is 0 Å². The van der Waals surface area contributed by atoms with Crippen LogP contribution in [-0.2, 0) is 11.8 Å². The number of amides is 1. The lowest BCUT2D eigenvalue weighted by Gasteiger charge is -2.37. The minimum absolute atomic E-state index is 0.0475. The number of carbonyl (C=O) groups is 1. The van der Waals surface area contributed by atoms with E-state index < -0.39 is 0 Å². The fourth-order valence-corrected chi connectivity index (χ4v) is 3.88. The van der Waals surface area contributed by atoms with Crippen molar-refractivity contribution < 1.29 is 9.32 Å². The van der Waals surface area contributed by atoms with Gasteiger partial charge in [-0.2, -0.15) is 0 Å². The number of nitrogens with zero attached hydrogens (tertiary/aromatic N) is 3. The van der Waals surface area contributed by atoms with Crippen LogP contribution < -0.4 is 0 Å². The van der Waals surface area contributed by atoms with E-state index in [4.69, 9.17) is 4.52 Å². The van der Waals surface area contributed by atoms with Crippen molar-refractivity contribution in [3.05, 3.63) is 34.1 Å². The van der Waals surface area contributed by atoms with Crippen LogP contribution in [0.1, 0.15) is 54.9 Å². The highest BCUT2D eigenvalue weighted by Gasteiger charge is 2.36. The molecule has 0 aromatic carbocycles. The zero-order valence-corrected chi connectivity index (χ0v) is 14.7. The van der Waals surface area contributed by atoms with Crippen molar-refractivity contribution in [3.8, 4) is 0 Å². The molecule has 0 N–H and O–H groups in total. The molecule has 1 amide bonds. The summed E-state index contributed by atoms with van der Waals surface area (Å²) in [5.74, 6) is 0.809. The maximum absolute atomic E-state index is 12.6. The van der Waals surface area contributed by atoms with E-state index in [1.807, 2.05) is 16.5 Å². The van der Waals surface area contributed by atoms with Gasteiger partial charge in [-0.05, 0) is 25.2 Å². The molecule has 3 rings (SSSR count). The number of rotatable bonds is 4. The Kier molecular flexibility index (Phi) is 4.53. The third-order valence-corrected chi connectivity index (χ3v) is 5.57. The van der Waals surface area contributed by atoms with Gasteiger partial charge in [-0.3, -0.25) is 4.79 Å². The molecule has 1 aliphatic rings. The molecule has 5 nitrogen and oxygen atoms in total. The van der Waals surface area contributed by atoms with Gasteiger partial charge in [-0.25, -0.2) is 4.98 Å². The lowest BCUT2D eigenvalue weighted by Crippen LogP contribution is -2.43. The topological polar surface area (TPSA) is 59.2 Å². The minimum Gasteiger partial charge on any atom is -0.351 e. The number of carbonyl (C=O) groups excluding carboxylic acids is 1. The quantitative estimate of drug-likeness (QED) is 0.859. The summed E-state index contributed by atoms with van der Waals surface area (Å²) in [5, 5.41) is 7.20. The molecule has 23 heavy (non-hydrogen) atoms. The molecule has 0 saturated carbocycles. The van der Waals surface area contributed by atoms with Crippen LogP contribution in [0.3, 0.4) is 0 Å². The van der Waals surface area contributed by atoms with Crippen molar-refractivity contribution in [2.75, 3.05) is 13.1 Å². The first-order chi connectivity index (χ1) is 11.0. The average molecular weight is 333 g/mol. The summed E-state index contributed by atoms with van der Waals surface area (Å²) >= 11 is 1.70. The Bertz CT molecular complexity index is 655. The maximum Gasteiger partial charge on any atom is 0.292 e. The summed E-state index contributed by atoms with van der Waals surface area (Å²) in [5.41, 5.74) is 0.933. The highest BCUT2D eigenvalue weighted by Crippen LogP contribution is 2.36. The average Bonchev–Trinajstić information content (AvgIpc) is 3.18. The van der Waals surface area contributed by atoms with Crippen LogP contribution in [0.5, 0.6) is 0 Å². The molecule has 0 aliphatic carbocycles. The van der Waals surface area contributed by atoms with Gasteiger partial charge in [0, 0.05) is 36.1 Å². The smallest absolute Gasteiger partial charge is 0.292 e. The summed E-state index contributed by atoms with van der Waals surface area (Å²) in [6.45, 7) is 7.95. The van der Waals surface area contributed by atoms with E-state index in [-0.39, 0.29) is 11.3 Å². The van der Waals surface area contributed by atoms with Crippen LogP contribution in [0.2, 0.25) is 0 Å². The number of likely N-dealkylation sites (tertiary alicyclic amines) is 1. The number of aromatic nitrogens is 2. The van der Waals surface area contributed by atoms with E-state index in [9.17, 15) is 4.79 Å². The second-order valence-electron chi connectivity index (χ2n) is 6.97. The highest BCUT2D eigenvalue weighted by atomic mass is 32.1. The third-order valence-electron chi connectivity index (χ3n) is 4.49. The zero-order chi connectivity index (χ0) is 16.4. The van der Waals surface area contributed by atoms with E-state index in [1.165, 1.54) is 5.01 Å². The lowest BCUT2D eigenvalue weighted by atomic mass is 9.81. The van der Waals surface area contributed by atoms with Gasteiger partial charge in [0.05, 0.1) is 10.7 Å². The minimum atomic E-state index is -0.0475. The summed E-state index contributed by atoms with van der Waals surface area (Å²) in [4.78, 5) is 18.9. The Morgan fingerprint density at radius 3 is 2.78 bits per heavy atom.